The van der Waals surface area contributed by atoms with Crippen LogP contribution in [0.25, 0.3) is 0 Å². The number of nitrogens with one attached hydrogen (secondary N) is 2. The van der Waals surface area contributed by atoms with Crippen LogP contribution in [0.3, 0.4) is 0 Å². The van der Waals surface area contributed by atoms with Crippen molar-refractivity contribution in [3.05, 3.63) is 53.6 Å². The molecule has 34 heavy (non-hydrogen) atoms. The minimum Gasteiger partial charge on any atom is -0.497 e. The van der Waals surface area contributed by atoms with Gasteiger partial charge in [0, 0.05) is 29.4 Å². The number of aromatic nitrogens is 2. The molecule has 2 heterocycles. The van der Waals surface area contributed by atoms with Gasteiger partial charge in [-0.25, -0.2) is 0 Å². The van der Waals surface area contributed by atoms with Crippen molar-refractivity contribution in [3.8, 4) is 5.75 Å². The predicted molar refractivity (Wildman–Crippen MR) is 133 cm³/mol. The van der Waals surface area contributed by atoms with E-state index in [2.05, 4.69) is 20.8 Å². The lowest BCUT2D eigenvalue weighted by Gasteiger charge is -2.16. The molecule has 1 saturated heterocycles. The van der Waals surface area contributed by atoms with Crippen LogP contribution in [0.4, 0.5) is 16.5 Å². The number of amides is 3. The summed E-state index contributed by atoms with van der Waals surface area (Å²) in [6, 6.07) is 13.9. The highest BCUT2D eigenvalue weighted by atomic mass is 35.5. The highest BCUT2D eigenvalue weighted by Crippen LogP contribution is 2.29. The summed E-state index contributed by atoms with van der Waals surface area (Å²) in [5.74, 6) is -0.271. The highest BCUT2D eigenvalue weighted by Gasteiger charge is 2.35. The summed E-state index contributed by atoms with van der Waals surface area (Å²) in [6.07, 6.45) is 0.112. The van der Waals surface area contributed by atoms with Gasteiger partial charge in [0.05, 0.1) is 18.8 Å². The van der Waals surface area contributed by atoms with Gasteiger partial charge in [0.15, 0.2) is 4.34 Å². The number of carbonyl (C=O) groups excluding carboxylic acids is 3. The molecule has 0 spiro atoms. The molecule has 3 aromatic rings. The van der Waals surface area contributed by atoms with Gasteiger partial charge in [-0.05, 0) is 48.5 Å². The molecule has 3 amide bonds. The smallest absolute Gasteiger partial charge is 0.234 e. The van der Waals surface area contributed by atoms with Crippen LogP contribution >= 0.6 is 34.7 Å². The van der Waals surface area contributed by atoms with E-state index in [1.54, 1.807) is 60.5 Å². The van der Waals surface area contributed by atoms with Crippen LogP contribution in [0, 0.1) is 5.92 Å². The normalized spacial score (nSPS) is 15.3. The second-order valence-corrected chi connectivity index (χ2v) is 9.95. The van der Waals surface area contributed by atoms with Gasteiger partial charge in [-0.1, -0.05) is 34.7 Å². The average Bonchev–Trinajstić information content (AvgIpc) is 3.45. The summed E-state index contributed by atoms with van der Waals surface area (Å²) in [5.41, 5.74) is 1.36. The SMILES string of the molecule is COc1ccc(NC(=O)CSc2nnc(NC(=O)C3CC(=O)N(c4ccc(Cl)cc4)C3)s2)cc1. The lowest BCUT2D eigenvalue weighted by molar-refractivity contribution is -0.122. The molecular formula is C22H20ClN5O4S2. The second kappa shape index (κ2) is 10.9. The fraction of sp³-hybridized carbons (Fsp3) is 0.227. The van der Waals surface area contributed by atoms with Gasteiger partial charge >= 0.3 is 0 Å². The Bertz CT molecular complexity index is 1190. The van der Waals surface area contributed by atoms with Gasteiger partial charge in [-0.2, -0.15) is 0 Å². The number of hydrogen-bond donors (Lipinski definition) is 2. The van der Waals surface area contributed by atoms with E-state index in [1.165, 1.54) is 23.1 Å². The Labute approximate surface area is 208 Å². The summed E-state index contributed by atoms with van der Waals surface area (Å²) in [5, 5.41) is 14.4. The molecular weight excluding hydrogens is 498 g/mol. The highest BCUT2D eigenvalue weighted by molar-refractivity contribution is 8.01. The first kappa shape index (κ1) is 24.0. The van der Waals surface area contributed by atoms with E-state index in [-0.39, 0.29) is 36.4 Å². The van der Waals surface area contributed by atoms with E-state index in [4.69, 9.17) is 16.3 Å². The predicted octanol–water partition coefficient (Wildman–Crippen LogP) is 3.92. The molecule has 1 unspecified atom stereocenters. The minimum atomic E-state index is -0.501. The largest absolute Gasteiger partial charge is 0.497 e. The van der Waals surface area contributed by atoms with Crippen molar-refractivity contribution in [2.45, 2.75) is 10.8 Å². The molecule has 0 saturated carbocycles. The number of anilines is 3. The van der Waals surface area contributed by atoms with Gasteiger partial charge in [0.25, 0.3) is 0 Å². The first-order valence-electron chi connectivity index (χ1n) is 10.2. The summed E-state index contributed by atoms with van der Waals surface area (Å²) in [4.78, 5) is 38.8. The molecule has 0 bridgehead atoms. The zero-order valence-electron chi connectivity index (χ0n) is 18.0. The molecule has 2 aromatic carbocycles. The van der Waals surface area contributed by atoms with Crippen molar-refractivity contribution in [3.63, 3.8) is 0 Å². The van der Waals surface area contributed by atoms with Crippen molar-refractivity contribution in [2.24, 2.45) is 5.92 Å². The third-order valence-corrected chi connectivity index (χ3v) is 7.20. The van der Waals surface area contributed by atoms with Gasteiger partial charge in [0.1, 0.15) is 5.75 Å². The monoisotopic (exact) mass is 517 g/mol. The van der Waals surface area contributed by atoms with Gasteiger partial charge in [-0.15, -0.1) is 10.2 Å². The van der Waals surface area contributed by atoms with Gasteiger partial charge in [-0.3, -0.25) is 14.4 Å². The quantitative estimate of drug-likeness (QED) is 0.344. The molecule has 1 aliphatic heterocycles. The number of rotatable bonds is 8. The van der Waals surface area contributed by atoms with Crippen LogP contribution in [0.5, 0.6) is 5.75 Å². The van der Waals surface area contributed by atoms with Crippen molar-refractivity contribution in [2.75, 3.05) is 34.9 Å². The van der Waals surface area contributed by atoms with Gasteiger partial charge < -0.3 is 20.3 Å². The number of hydrogen-bond acceptors (Lipinski definition) is 8. The van der Waals surface area contributed by atoms with E-state index in [1.807, 2.05) is 0 Å². The molecule has 1 aromatic heterocycles. The van der Waals surface area contributed by atoms with E-state index in [9.17, 15) is 14.4 Å². The number of benzene rings is 2. The Morgan fingerprint density at radius 2 is 1.88 bits per heavy atom. The molecule has 176 valence electrons. The van der Waals surface area contributed by atoms with Crippen LogP contribution in [0.15, 0.2) is 52.9 Å². The fourth-order valence-corrected chi connectivity index (χ4v) is 4.96. The second-order valence-electron chi connectivity index (χ2n) is 7.31. The maximum absolute atomic E-state index is 12.7. The molecule has 0 radical (unpaired) electrons. The standard InChI is InChI=1S/C22H20ClN5O4S2/c1-32-17-8-4-15(5-9-17)24-18(29)12-33-22-27-26-21(34-22)25-20(31)13-10-19(30)28(11-13)16-6-2-14(23)3-7-16/h2-9,13H,10-12H2,1H3,(H,24,29)(H,25,26,31). The van der Waals surface area contributed by atoms with Crippen LogP contribution in [0.2, 0.25) is 5.02 Å². The van der Waals surface area contributed by atoms with Crippen molar-refractivity contribution < 1.29 is 19.1 Å². The lowest BCUT2D eigenvalue weighted by Crippen LogP contribution is -2.28. The number of carbonyl (C=O) groups is 3. The Morgan fingerprint density at radius 1 is 1.15 bits per heavy atom. The average molecular weight is 518 g/mol. The first-order chi connectivity index (χ1) is 16.4. The van der Waals surface area contributed by atoms with Crippen molar-refractivity contribution >= 4 is 68.9 Å². The summed E-state index contributed by atoms with van der Waals surface area (Å²) in [7, 11) is 1.58. The summed E-state index contributed by atoms with van der Waals surface area (Å²) < 4.78 is 5.64. The molecule has 12 heteroatoms. The number of halogens is 1. The van der Waals surface area contributed by atoms with Crippen LogP contribution < -0.4 is 20.3 Å². The Balaban J connectivity index is 1.26. The molecule has 9 nitrogen and oxygen atoms in total. The van der Waals surface area contributed by atoms with E-state index >= 15 is 0 Å². The number of nitrogens with zero attached hydrogens (tertiary/aromatic N) is 3. The summed E-state index contributed by atoms with van der Waals surface area (Å²) in [6.45, 7) is 0.276. The third kappa shape index (κ3) is 6.04. The van der Waals surface area contributed by atoms with Gasteiger partial charge in [0.2, 0.25) is 22.9 Å². The lowest BCUT2D eigenvalue weighted by atomic mass is 10.1. The Kier molecular flexibility index (Phi) is 7.66. The summed E-state index contributed by atoms with van der Waals surface area (Å²) >= 11 is 8.30. The zero-order chi connectivity index (χ0) is 24.1. The molecule has 4 rings (SSSR count). The maximum Gasteiger partial charge on any atom is 0.234 e. The Morgan fingerprint density at radius 3 is 2.59 bits per heavy atom. The number of ether oxygens (including phenoxy) is 1. The van der Waals surface area contributed by atoms with E-state index in [0.717, 1.165) is 0 Å². The fourth-order valence-electron chi connectivity index (χ4n) is 3.28. The van der Waals surface area contributed by atoms with Crippen LogP contribution in [-0.2, 0) is 14.4 Å². The van der Waals surface area contributed by atoms with Crippen molar-refractivity contribution in [1.29, 1.82) is 0 Å². The topological polar surface area (TPSA) is 114 Å². The van der Waals surface area contributed by atoms with Crippen LogP contribution in [-0.4, -0.2) is 47.3 Å². The number of thioether (sulfide) groups is 1. The molecule has 2 N–H and O–H groups in total. The van der Waals surface area contributed by atoms with Crippen molar-refractivity contribution in [1.82, 2.24) is 10.2 Å². The third-order valence-electron chi connectivity index (χ3n) is 4.97. The van der Waals surface area contributed by atoms with Crippen LogP contribution in [0.1, 0.15) is 6.42 Å². The molecule has 1 atom stereocenters. The zero-order valence-corrected chi connectivity index (χ0v) is 20.4. The number of methoxy groups -OCH3 is 1. The van der Waals surface area contributed by atoms with E-state index < -0.39 is 5.92 Å². The molecule has 1 aliphatic rings. The Hall–Kier alpha value is -3.15. The molecule has 1 fully saturated rings. The maximum atomic E-state index is 12.7. The molecule has 0 aliphatic carbocycles. The van der Waals surface area contributed by atoms with E-state index in [0.29, 0.717) is 31.6 Å². The first-order valence-corrected chi connectivity index (χ1v) is 12.4. The minimum absolute atomic E-state index is 0.112.